The fourth-order valence-electron chi connectivity index (χ4n) is 2.99. The largest absolute Gasteiger partial charge is 0.460 e. The van der Waals surface area contributed by atoms with Crippen molar-refractivity contribution in [1.29, 1.82) is 0 Å². The van der Waals surface area contributed by atoms with Gasteiger partial charge in [-0.25, -0.2) is 9.78 Å². The molecule has 0 aliphatic rings. The minimum atomic E-state index is -0.628. The molecule has 0 unspecified atom stereocenters. The van der Waals surface area contributed by atoms with Gasteiger partial charge < -0.3 is 19.9 Å². The Labute approximate surface area is 202 Å². The normalized spacial score (nSPS) is 10.5. The summed E-state index contributed by atoms with van der Waals surface area (Å²) in [4.78, 5) is 30.9. The Bertz CT molecular complexity index is 1300. The number of aromatic nitrogens is 4. The number of aliphatic hydroxyl groups excluding tert-OH is 1. The molecular weight excluding hydrogens is 476 g/mol. The van der Waals surface area contributed by atoms with Gasteiger partial charge in [0.15, 0.2) is 0 Å². The zero-order valence-electron chi connectivity index (χ0n) is 18.0. The highest BCUT2D eigenvalue weighted by Gasteiger charge is 2.25. The highest BCUT2D eigenvalue weighted by molar-refractivity contribution is 7.03. The Hall–Kier alpha value is -4.49. The first-order valence-corrected chi connectivity index (χ1v) is 11.0. The number of benzene rings is 2. The molecule has 12 nitrogen and oxygen atoms in total. The van der Waals surface area contributed by atoms with Crippen LogP contribution in [0.2, 0.25) is 0 Å². The molecule has 0 fully saturated rings. The van der Waals surface area contributed by atoms with Crippen molar-refractivity contribution in [3.8, 4) is 22.9 Å². The smallest absolute Gasteiger partial charge is 0.373 e. The van der Waals surface area contributed by atoms with Crippen LogP contribution in [0.15, 0.2) is 60.2 Å². The van der Waals surface area contributed by atoms with E-state index < -0.39 is 16.6 Å². The molecule has 0 saturated carbocycles. The maximum atomic E-state index is 11.8. The van der Waals surface area contributed by atoms with Gasteiger partial charge in [-0.15, -0.1) is 5.10 Å². The number of anilines is 1. The number of nitrogens with zero attached hydrogens (tertiary/aromatic N) is 5. The Balaban J connectivity index is 1.47. The summed E-state index contributed by atoms with van der Waals surface area (Å²) in [7, 11) is 0. The third kappa shape index (κ3) is 5.90. The van der Waals surface area contributed by atoms with Crippen LogP contribution in [0, 0.1) is 10.1 Å². The third-order valence-electron chi connectivity index (χ3n) is 4.67. The van der Waals surface area contributed by atoms with Crippen molar-refractivity contribution in [1.82, 2.24) is 19.6 Å². The summed E-state index contributed by atoms with van der Waals surface area (Å²) in [6.45, 7) is -0.124. The second kappa shape index (κ2) is 11.1. The molecule has 0 bridgehead atoms. The van der Waals surface area contributed by atoms with E-state index in [-0.39, 0.29) is 42.8 Å². The number of hydrogen-bond donors (Lipinski definition) is 2. The molecule has 2 N–H and O–H groups in total. The maximum Gasteiger partial charge on any atom is 0.373 e. The van der Waals surface area contributed by atoms with Gasteiger partial charge in [0.25, 0.3) is 0 Å². The van der Waals surface area contributed by atoms with Crippen molar-refractivity contribution in [2.45, 2.75) is 6.54 Å². The van der Waals surface area contributed by atoms with Crippen molar-refractivity contribution in [2.75, 3.05) is 18.5 Å². The topological polar surface area (TPSA) is 162 Å². The highest BCUT2D eigenvalue weighted by Crippen LogP contribution is 2.34. The second-order valence-electron chi connectivity index (χ2n) is 6.96. The molecule has 178 valence electrons. The number of nitrogens with one attached hydrogen (secondary N) is 1. The average Bonchev–Trinajstić information content (AvgIpc) is 3.42. The number of aliphatic hydroxyl groups is 1. The lowest BCUT2D eigenvalue weighted by Crippen LogP contribution is -2.08. The number of ether oxygens (including phenoxy) is 2. The molecule has 35 heavy (non-hydrogen) atoms. The van der Waals surface area contributed by atoms with E-state index in [1.165, 1.54) is 35.8 Å². The molecule has 0 atom stereocenters. The van der Waals surface area contributed by atoms with E-state index >= 15 is 0 Å². The van der Waals surface area contributed by atoms with E-state index in [0.717, 1.165) is 23.1 Å². The lowest BCUT2D eigenvalue weighted by Gasteiger charge is -2.10. The number of nitro groups is 1. The second-order valence-corrected chi connectivity index (χ2v) is 7.57. The van der Waals surface area contributed by atoms with Gasteiger partial charge in [-0.2, -0.15) is 4.98 Å². The van der Waals surface area contributed by atoms with Gasteiger partial charge in [-0.1, -0.05) is 28.8 Å². The molecule has 0 spiro atoms. The fourth-order valence-corrected chi connectivity index (χ4v) is 3.46. The molecule has 0 radical (unpaired) electrons. The predicted octanol–water partition coefficient (Wildman–Crippen LogP) is 3.46. The molecular formula is C22H18N6O6S. The molecule has 2 heterocycles. The van der Waals surface area contributed by atoms with Gasteiger partial charge >= 0.3 is 17.5 Å². The maximum absolute atomic E-state index is 11.8. The van der Waals surface area contributed by atoms with Gasteiger partial charge in [0.1, 0.15) is 24.4 Å². The standard InChI is InChI=1S/C22H18N6O6S/c29-9-10-33-22(30)16-5-7-17(8-6-16)34-21-19(28(31)32)20(24-13-25-21)23-11-14-1-3-15(4-2-14)18-12-35-27-26-18/h1-8,12-13,29H,9-11H2,(H,23,24,25). The van der Waals surface area contributed by atoms with E-state index in [0.29, 0.717) is 0 Å². The minimum absolute atomic E-state index is 0.00280. The molecule has 4 rings (SSSR count). The van der Waals surface area contributed by atoms with Crippen LogP contribution in [0.3, 0.4) is 0 Å². The highest BCUT2D eigenvalue weighted by atomic mass is 32.1. The Kier molecular flexibility index (Phi) is 7.50. The predicted molar refractivity (Wildman–Crippen MR) is 125 cm³/mol. The van der Waals surface area contributed by atoms with Crippen LogP contribution in [0.1, 0.15) is 15.9 Å². The summed E-state index contributed by atoms with van der Waals surface area (Å²) >= 11 is 1.26. The summed E-state index contributed by atoms with van der Waals surface area (Å²) in [5.41, 5.74) is 2.37. The number of esters is 1. The van der Waals surface area contributed by atoms with Gasteiger partial charge in [0.05, 0.1) is 17.1 Å². The summed E-state index contributed by atoms with van der Waals surface area (Å²) in [5, 5.41) is 29.3. The quantitative estimate of drug-likeness (QED) is 0.188. The van der Waals surface area contributed by atoms with Gasteiger partial charge in [-0.3, -0.25) is 10.1 Å². The van der Waals surface area contributed by atoms with Crippen LogP contribution in [0.4, 0.5) is 11.5 Å². The van der Waals surface area contributed by atoms with E-state index in [2.05, 4.69) is 24.9 Å². The zero-order chi connectivity index (χ0) is 24.6. The molecule has 13 heteroatoms. The van der Waals surface area contributed by atoms with Crippen molar-refractivity contribution in [3.05, 3.63) is 81.5 Å². The van der Waals surface area contributed by atoms with E-state index in [4.69, 9.17) is 14.6 Å². The first kappa shape index (κ1) is 23.7. The Morgan fingerprint density at radius 3 is 2.54 bits per heavy atom. The van der Waals surface area contributed by atoms with Crippen LogP contribution in [-0.4, -0.2) is 48.8 Å². The summed E-state index contributed by atoms with van der Waals surface area (Å²) in [6, 6.07) is 13.3. The summed E-state index contributed by atoms with van der Waals surface area (Å²) in [6.07, 6.45) is 1.16. The average molecular weight is 494 g/mol. The summed E-state index contributed by atoms with van der Waals surface area (Å²) < 4.78 is 14.3. The molecule has 0 saturated heterocycles. The molecule has 0 amide bonds. The molecule has 0 aliphatic heterocycles. The number of carbonyl (C=O) groups is 1. The van der Waals surface area contributed by atoms with E-state index in [1.807, 2.05) is 29.6 Å². The Morgan fingerprint density at radius 1 is 1.11 bits per heavy atom. The van der Waals surface area contributed by atoms with Crippen LogP contribution in [-0.2, 0) is 11.3 Å². The zero-order valence-corrected chi connectivity index (χ0v) is 18.8. The van der Waals surface area contributed by atoms with Crippen molar-refractivity contribution in [3.63, 3.8) is 0 Å². The number of rotatable bonds is 10. The van der Waals surface area contributed by atoms with Crippen LogP contribution >= 0.6 is 11.5 Å². The van der Waals surface area contributed by atoms with E-state index in [9.17, 15) is 14.9 Å². The molecule has 0 aliphatic carbocycles. The van der Waals surface area contributed by atoms with Crippen LogP contribution < -0.4 is 10.1 Å². The molecule has 2 aromatic carbocycles. The van der Waals surface area contributed by atoms with E-state index in [1.54, 1.807) is 0 Å². The lowest BCUT2D eigenvalue weighted by atomic mass is 10.1. The molecule has 4 aromatic rings. The monoisotopic (exact) mass is 494 g/mol. The lowest BCUT2D eigenvalue weighted by molar-refractivity contribution is -0.385. The van der Waals surface area contributed by atoms with Crippen LogP contribution in [0.5, 0.6) is 11.6 Å². The SMILES string of the molecule is O=C(OCCO)c1ccc(Oc2ncnc(NCc3ccc(-c4csnn4)cc3)c2[N+](=O)[O-])cc1. The van der Waals surface area contributed by atoms with Crippen molar-refractivity contribution < 1.29 is 24.3 Å². The third-order valence-corrected chi connectivity index (χ3v) is 5.17. The number of carbonyl (C=O) groups excluding carboxylic acids is 1. The minimum Gasteiger partial charge on any atom is -0.460 e. The van der Waals surface area contributed by atoms with Gasteiger partial charge in [0, 0.05) is 17.5 Å². The van der Waals surface area contributed by atoms with Crippen LogP contribution in [0.25, 0.3) is 11.3 Å². The van der Waals surface area contributed by atoms with Gasteiger partial charge in [0.2, 0.25) is 5.82 Å². The first-order valence-electron chi connectivity index (χ1n) is 10.2. The molecule has 2 aromatic heterocycles. The van der Waals surface area contributed by atoms with Crippen molar-refractivity contribution in [2.24, 2.45) is 0 Å². The first-order chi connectivity index (χ1) is 17.0. The summed E-state index contributed by atoms with van der Waals surface area (Å²) in [5.74, 6) is -0.642. The van der Waals surface area contributed by atoms with Gasteiger partial charge in [-0.05, 0) is 41.4 Å². The number of hydrogen-bond acceptors (Lipinski definition) is 12. The van der Waals surface area contributed by atoms with Crippen molar-refractivity contribution >= 4 is 29.0 Å². The fraction of sp³-hybridized carbons (Fsp3) is 0.136. The Morgan fingerprint density at radius 2 is 1.89 bits per heavy atom.